The minimum absolute atomic E-state index is 0.123. The Hall–Kier alpha value is -1.53. The molecule has 0 radical (unpaired) electrons. The lowest BCUT2D eigenvalue weighted by Gasteiger charge is -2.14. The molecule has 0 aliphatic rings. The van der Waals surface area contributed by atoms with E-state index in [0.717, 1.165) is 12.8 Å². The molecule has 0 spiro atoms. The van der Waals surface area contributed by atoms with Crippen LogP contribution in [0.25, 0.3) is 0 Å². The molecule has 1 aromatic carbocycles. The van der Waals surface area contributed by atoms with Crippen LogP contribution in [0.5, 0.6) is 11.5 Å². The van der Waals surface area contributed by atoms with Crippen molar-refractivity contribution in [1.29, 1.82) is 0 Å². The van der Waals surface area contributed by atoms with Crippen LogP contribution in [0.4, 0.5) is 0 Å². The molecule has 0 aliphatic carbocycles. The number of hydrogen-bond acceptors (Lipinski definition) is 4. The van der Waals surface area contributed by atoms with E-state index in [1.807, 2.05) is 18.4 Å². The van der Waals surface area contributed by atoms with E-state index in [4.69, 9.17) is 9.47 Å². The van der Waals surface area contributed by atoms with Gasteiger partial charge < -0.3 is 14.8 Å². The van der Waals surface area contributed by atoms with Crippen molar-refractivity contribution < 1.29 is 14.3 Å². The van der Waals surface area contributed by atoms with Crippen LogP contribution < -0.4 is 14.8 Å². The van der Waals surface area contributed by atoms with Crippen LogP contribution >= 0.6 is 27.3 Å². The Bertz CT molecular complexity index is 644. The quantitative estimate of drug-likeness (QED) is 0.722. The summed E-state index contributed by atoms with van der Waals surface area (Å²) < 4.78 is 11.7. The van der Waals surface area contributed by atoms with E-state index < -0.39 is 0 Å². The highest BCUT2D eigenvalue weighted by atomic mass is 79.9. The smallest absolute Gasteiger partial charge is 0.251 e. The lowest BCUT2D eigenvalue weighted by Crippen LogP contribution is -2.25. The molecule has 0 bridgehead atoms. The van der Waals surface area contributed by atoms with Gasteiger partial charge in [0.15, 0.2) is 11.5 Å². The van der Waals surface area contributed by atoms with Gasteiger partial charge in [-0.3, -0.25) is 4.79 Å². The highest BCUT2D eigenvalue weighted by Gasteiger charge is 2.15. The van der Waals surface area contributed by atoms with Crippen LogP contribution in [0.3, 0.4) is 0 Å². The summed E-state index contributed by atoms with van der Waals surface area (Å²) in [4.78, 5) is 13.6. The maximum absolute atomic E-state index is 12.3. The van der Waals surface area contributed by atoms with Gasteiger partial charge >= 0.3 is 0 Å². The van der Waals surface area contributed by atoms with Crippen molar-refractivity contribution in [2.24, 2.45) is 0 Å². The SMILES string of the molecule is CCCOc1c(Br)cc(C(=O)NCCc2cccs2)cc1OC. The highest BCUT2D eigenvalue weighted by molar-refractivity contribution is 9.10. The molecule has 6 heteroatoms. The molecule has 0 saturated heterocycles. The lowest BCUT2D eigenvalue weighted by atomic mass is 10.2. The van der Waals surface area contributed by atoms with Crippen molar-refractivity contribution in [2.75, 3.05) is 20.3 Å². The fraction of sp³-hybridized carbons (Fsp3) is 0.353. The first-order valence-corrected chi connectivity index (χ1v) is 9.14. The Balaban J connectivity index is 2.03. The number of ether oxygens (including phenoxy) is 2. The maximum atomic E-state index is 12.3. The van der Waals surface area contributed by atoms with Gasteiger partial charge in [0.05, 0.1) is 18.2 Å². The molecule has 124 valence electrons. The van der Waals surface area contributed by atoms with Crippen molar-refractivity contribution >= 4 is 33.2 Å². The zero-order chi connectivity index (χ0) is 16.7. The number of rotatable bonds is 8. The predicted molar refractivity (Wildman–Crippen MR) is 96.8 cm³/mol. The molecule has 1 heterocycles. The van der Waals surface area contributed by atoms with Gasteiger partial charge in [-0.1, -0.05) is 13.0 Å². The number of amides is 1. The summed E-state index contributed by atoms with van der Waals surface area (Å²) in [5.41, 5.74) is 0.545. The van der Waals surface area contributed by atoms with Gasteiger partial charge in [-0.2, -0.15) is 0 Å². The van der Waals surface area contributed by atoms with Crippen LogP contribution in [-0.2, 0) is 6.42 Å². The van der Waals surface area contributed by atoms with E-state index in [1.165, 1.54) is 4.88 Å². The number of carbonyl (C=O) groups excluding carboxylic acids is 1. The average Bonchev–Trinajstić information content (AvgIpc) is 3.06. The third-order valence-electron chi connectivity index (χ3n) is 3.18. The minimum Gasteiger partial charge on any atom is -0.493 e. The molecule has 0 atom stereocenters. The van der Waals surface area contributed by atoms with E-state index in [0.29, 0.717) is 34.7 Å². The molecule has 4 nitrogen and oxygen atoms in total. The van der Waals surface area contributed by atoms with Gasteiger partial charge in [0.1, 0.15) is 0 Å². The monoisotopic (exact) mass is 397 g/mol. The average molecular weight is 398 g/mol. The normalized spacial score (nSPS) is 10.4. The molecule has 2 aromatic rings. The van der Waals surface area contributed by atoms with Gasteiger partial charge in [0.2, 0.25) is 0 Å². The first-order valence-electron chi connectivity index (χ1n) is 7.46. The van der Waals surface area contributed by atoms with Gasteiger partial charge in [0, 0.05) is 17.0 Å². The third kappa shape index (κ3) is 4.97. The Labute approximate surface area is 148 Å². The second-order valence-corrected chi connectivity index (χ2v) is 6.81. The predicted octanol–water partition coefficient (Wildman–Crippen LogP) is 4.28. The first-order chi connectivity index (χ1) is 11.2. The van der Waals surface area contributed by atoms with Crippen LogP contribution in [-0.4, -0.2) is 26.2 Å². The van der Waals surface area contributed by atoms with Crippen molar-refractivity contribution in [3.8, 4) is 11.5 Å². The Morgan fingerprint density at radius 3 is 2.87 bits per heavy atom. The maximum Gasteiger partial charge on any atom is 0.251 e. The zero-order valence-electron chi connectivity index (χ0n) is 13.2. The fourth-order valence-corrected chi connectivity index (χ4v) is 3.32. The lowest BCUT2D eigenvalue weighted by molar-refractivity contribution is 0.0953. The summed E-state index contributed by atoms with van der Waals surface area (Å²) in [5.74, 6) is 1.06. The number of benzene rings is 1. The van der Waals surface area contributed by atoms with Crippen molar-refractivity contribution in [1.82, 2.24) is 5.32 Å². The molecular formula is C17H20BrNO3S. The third-order valence-corrected chi connectivity index (χ3v) is 4.70. The number of methoxy groups -OCH3 is 1. The van der Waals surface area contributed by atoms with Crippen LogP contribution in [0.15, 0.2) is 34.1 Å². The summed E-state index contributed by atoms with van der Waals surface area (Å²) >= 11 is 5.15. The van der Waals surface area contributed by atoms with Gasteiger partial charge in [0.25, 0.3) is 5.91 Å². The van der Waals surface area contributed by atoms with Crippen LogP contribution in [0.2, 0.25) is 0 Å². The van der Waals surface area contributed by atoms with E-state index in [2.05, 4.69) is 27.3 Å². The summed E-state index contributed by atoms with van der Waals surface area (Å²) in [6.07, 6.45) is 1.74. The molecule has 0 aliphatic heterocycles. The fourth-order valence-electron chi connectivity index (χ4n) is 2.05. The largest absolute Gasteiger partial charge is 0.493 e. The Morgan fingerprint density at radius 2 is 2.22 bits per heavy atom. The minimum atomic E-state index is -0.123. The van der Waals surface area contributed by atoms with E-state index in [1.54, 1.807) is 30.6 Å². The molecular weight excluding hydrogens is 378 g/mol. The molecule has 2 rings (SSSR count). The summed E-state index contributed by atoms with van der Waals surface area (Å²) in [6.45, 7) is 3.24. The summed E-state index contributed by atoms with van der Waals surface area (Å²) in [5, 5.41) is 4.96. The van der Waals surface area contributed by atoms with Crippen molar-refractivity contribution in [3.05, 3.63) is 44.6 Å². The van der Waals surface area contributed by atoms with E-state index >= 15 is 0 Å². The summed E-state index contributed by atoms with van der Waals surface area (Å²) in [7, 11) is 1.57. The van der Waals surface area contributed by atoms with Crippen molar-refractivity contribution in [3.63, 3.8) is 0 Å². The number of thiophene rings is 1. The zero-order valence-corrected chi connectivity index (χ0v) is 15.6. The second-order valence-electron chi connectivity index (χ2n) is 4.92. The van der Waals surface area contributed by atoms with Crippen LogP contribution in [0, 0.1) is 0 Å². The molecule has 1 aromatic heterocycles. The topological polar surface area (TPSA) is 47.6 Å². The standard InChI is InChI=1S/C17H20BrNO3S/c1-3-8-22-16-14(18)10-12(11-15(16)21-2)17(20)19-7-6-13-5-4-9-23-13/h4-5,9-11H,3,6-8H2,1-2H3,(H,19,20). The van der Waals surface area contributed by atoms with Gasteiger partial charge in [-0.15, -0.1) is 11.3 Å². The van der Waals surface area contributed by atoms with E-state index in [-0.39, 0.29) is 5.91 Å². The number of carbonyl (C=O) groups is 1. The van der Waals surface area contributed by atoms with Crippen LogP contribution in [0.1, 0.15) is 28.6 Å². The number of nitrogens with one attached hydrogen (secondary N) is 1. The summed E-state index contributed by atoms with van der Waals surface area (Å²) in [6, 6.07) is 7.54. The Kier molecular flexibility index (Phi) is 6.92. The molecule has 0 saturated carbocycles. The van der Waals surface area contributed by atoms with Gasteiger partial charge in [-0.25, -0.2) is 0 Å². The molecule has 0 unspecified atom stereocenters. The highest BCUT2D eigenvalue weighted by Crippen LogP contribution is 2.36. The second kappa shape index (κ2) is 8.93. The Morgan fingerprint density at radius 1 is 1.39 bits per heavy atom. The first kappa shape index (κ1) is 17.8. The van der Waals surface area contributed by atoms with E-state index in [9.17, 15) is 4.79 Å². The number of hydrogen-bond donors (Lipinski definition) is 1. The molecule has 23 heavy (non-hydrogen) atoms. The molecule has 1 amide bonds. The molecule has 1 N–H and O–H groups in total. The molecule has 0 fully saturated rings. The number of halogens is 1. The van der Waals surface area contributed by atoms with Crippen molar-refractivity contribution in [2.45, 2.75) is 19.8 Å². The van der Waals surface area contributed by atoms with Gasteiger partial charge in [-0.05, 0) is 52.4 Å².